The van der Waals surface area contributed by atoms with E-state index in [9.17, 15) is 13.2 Å². The second-order valence-corrected chi connectivity index (χ2v) is 8.21. The van der Waals surface area contributed by atoms with Crippen molar-refractivity contribution < 1.29 is 22.6 Å². The van der Waals surface area contributed by atoms with E-state index in [-0.39, 0.29) is 12.2 Å². The van der Waals surface area contributed by atoms with Crippen molar-refractivity contribution in [2.24, 2.45) is 4.99 Å². The number of guanidine groups is 1. The van der Waals surface area contributed by atoms with Crippen LogP contribution in [0.3, 0.4) is 0 Å². The van der Waals surface area contributed by atoms with Gasteiger partial charge < -0.3 is 19.7 Å². The number of rotatable bonds is 7. The summed E-state index contributed by atoms with van der Waals surface area (Å²) < 4.78 is 49.6. The zero-order valence-electron chi connectivity index (χ0n) is 16.7. The van der Waals surface area contributed by atoms with Crippen LogP contribution in [0.25, 0.3) is 0 Å². The number of ether oxygens (including phenoxy) is 2. The largest absolute Gasteiger partial charge is 0.434 e. The maximum Gasteiger partial charge on any atom is 0.434 e. The van der Waals surface area contributed by atoms with Crippen molar-refractivity contribution >= 4 is 17.3 Å². The van der Waals surface area contributed by atoms with E-state index in [2.05, 4.69) is 20.2 Å². The average Bonchev–Trinajstić information content (AvgIpc) is 3.38. The molecule has 29 heavy (non-hydrogen) atoms. The molecule has 10 heteroatoms. The fraction of sp³-hybridized carbons (Fsp3) is 0.789. The summed E-state index contributed by atoms with van der Waals surface area (Å²) >= 11 is 1.03. The molecule has 1 N–H and O–H groups in total. The molecule has 0 saturated carbocycles. The Morgan fingerprint density at radius 2 is 2.17 bits per heavy atom. The molecule has 0 radical (unpaired) electrons. The summed E-state index contributed by atoms with van der Waals surface area (Å²) in [5.74, 6) is 0.803. The van der Waals surface area contributed by atoms with Gasteiger partial charge in [-0.1, -0.05) is 0 Å². The molecule has 2 aliphatic heterocycles. The van der Waals surface area contributed by atoms with Crippen molar-refractivity contribution in [1.29, 1.82) is 0 Å². The molecule has 1 unspecified atom stereocenters. The number of halogens is 3. The standard InChI is InChI=1S/C19H29F3N4O2S/c1-2-23-18(24-8-5-17-25-16(13-29-17)19(20,21)22)26-9-6-14(7-10-26)28-12-15-4-3-11-27-15/h13-15H,2-12H2,1H3,(H,23,24). The van der Waals surface area contributed by atoms with Gasteiger partial charge in [-0.3, -0.25) is 4.99 Å². The zero-order valence-corrected chi connectivity index (χ0v) is 17.5. The molecule has 1 aromatic heterocycles. The maximum absolute atomic E-state index is 12.7. The fourth-order valence-corrected chi connectivity index (χ4v) is 4.29. The summed E-state index contributed by atoms with van der Waals surface area (Å²) in [6.45, 7) is 6.35. The molecule has 2 aliphatic rings. The molecule has 2 saturated heterocycles. The number of aliphatic imine (C=N–C) groups is 1. The molecular formula is C19H29F3N4O2S. The van der Waals surface area contributed by atoms with Crippen LogP contribution in [0, 0.1) is 0 Å². The lowest BCUT2D eigenvalue weighted by Crippen LogP contribution is -2.47. The molecule has 3 heterocycles. The van der Waals surface area contributed by atoms with Gasteiger partial charge in [0, 0.05) is 44.6 Å². The minimum Gasteiger partial charge on any atom is -0.376 e. The summed E-state index contributed by atoms with van der Waals surface area (Å²) in [7, 11) is 0. The summed E-state index contributed by atoms with van der Waals surface area (Å²) in [4.78, 5) is 10.5. The molecule has 3 rings (SSSR count). The van der Waals surface area contributed by atoms with Gasteiger partial charge >= 0.3 is 6.18 Å². The van der Waals surface area contributed by atoms with Gasteiger partial charge in [0.15, 0.2) is 11.7 Å². The SMILES string of the molecule is CCNC(=NCCc1nc(C(F)(F)F)cs1)N1CCC(OCC2CCCO2)CC1. The minimum atomic E-state index is -4.39. The van der Waals surface area contributed by atoms with Gasteiger partial charge in [-0.05, 0) is 32.6 Å². The minimum absolute atomic E-state index is 0.245. The number of aromatic nitrogens is 1. The second-order valence-electron chi connectivity index (χ2n) is 7.26. The second kappa shape index (κ2) is 10.6. The highest BCUT2D eigenvalue weighted by atomic mass is 32.1. The molecule has 0 spiro atoms. The van der Waals surface area contributed by atoms with Gasteiger partial charge in [0.05, 0.1) is 23.8 Å². The van der Waals surface area contributed by atoms with E-state index in [1.807, 2.05) is 6.92 Å². The number of piperidine rings is 1. The Morgan fingerprint density at radius 1 is 1.38 bits per heavy atom. The summed E-state index contributed by atoms with van der Waals surface area (Å²) in [5.41, 5.74) is -0.821. The zero-order chi connectivity index (χ0) is 20.7. The Kier molecular flexibility index (Phi) is 8.14. The lowest BCUT2D eigenvalue weighted by molar-refractivity contribution is -0.140. The van der Waals surface area contributed by atoms with Crippen molar-refractivity contribution in [3.63, 3.8) is 0 Å². The van der Waals surface area contributed by atoms with Crippen molar-refractivity contribution in [3.8, 4) is 0 Å². The van der Waals surface area contributed by atoms with E-state index in [1.54, 1.807) is 0 Å². The highest BCUT2D eigenvalue weighted by Crippen LogP contribution is 2.30. The number of likely N-dealkylation sites (tertiary alicyclic amines) is 1. The van der Waals surface area contributed by atoms with Crippen LogP contribution >= 0.6 is 11.3 Å². The van der Waals surface area contributed by atoms with E-state index in [0.29, 0.717) is 24.6 Å². The molecular weight excluding hydrogens is 405 g/mol. The van der Waals surface area contributed by atoms with Gasteiger partial charge in [-0.15, -0.1) is 11.3 Å². The highest BCUT2D eigenvalue weighted by Gasteiger charge is 2.33. The van der Waals surface area contributed by atoms with Gasteiger partial charge in [0.1, 0.15) is 0 Å². The fourth-order valence-electron chi connectivity index (χ4n) is 3.49. The van der Waals surface area contributed by atoms with E-state index >= 15 is 0 Å². The van der Waals surface area contributed by atoms with Gasteiger partial charge in [-0.2, -0.15) is 13.2 Å². The van der Waals surface area contributed by atoms with Crippen molar-refractivity contribution in [2.75, 3.05) is 39.4 Å². The van der Waals surface area contributed by atoms with Crippen LogP contribution in [-0.2, 0) is 22.1 Å². The first-order valence-corrected chi connectivity index (χ1v) is 11.1. The molecule has 0 aliphatic carbocycles. The molecule has 1 atom stereocenters. The van der Waals surface area contributed by atoms with Crippen LogP contribution in [0.15, 0.2) is 10.4 Å². The highest BCUT2D eigenvalue weighted by molar-refractivity contribution is 7.09. The predicted octanol–water partition coefficient (Wildman–Crippen LogP) is 3.33. The average molecular weight is 435 g/mol. The first-order chi connectivity index (χ1) is 14.0. The number of thiazole rings is 1. The quantitative estimate of drug-likeness (QED) is 0.527. The Morgan fingerprint density at radius 3 is 2.79 bits per heavy atom. The number of hydrogen-bond acceptors (Lipinski definition) is 5. The van der Waals surface area contributed by atoms with Crippen LogP contribution in [0.2, 0.25) is 0 Å². The third-order valence-corrected chi connectivity index (χ3v) is 5.96. The van der Waals surface area contributed by atoms with Crippen LogP contribution in [0.1, 0.15) is 43.3 Å². The number of alkyl halides is 3. The molecule has 0 aromatic carbocycles. The topological polar surface area (TPSA) is 59.0 Å². The first-order valence-electron chi connectivity index (χ1n) is 10.2. The van der Waals surface area contributed by atoms with Crippen molar-refractivity contribution in [3.05, 3.63) is 16.1 Å². The third-order valence-electron chi connectivity index (χ3n) is 5.05. The van der Waals surface area contributed by atoms with E-state index in [1.165, 1.54) is 0 Å². The maximum atomic E-state index is 12.7. The number of nitrogens with one attached hydrogen (secondary N) is 1. The molecule has 2 fully saturated rings. The van der Waals surface area contributed by atoms with Crippen molar-refractivity contribution in [2.45, 2.75) is 57.4 Å². The van der Waals surface area contributed by atoms with Gasteiger partial charge in [-0.25, -0.2) is 4.98 Å². The summed E-state index contributed by atoms with van der Waals surface area (Å²) in [6.07, 6.45) is 0.564. The smallest absolute Gasteiger partial charge is 0.376 e. The molecule has 1 aromatic rings. The van der Waals surface area contributed by atoms with Crippen LogP contribution < -0.4 is 5.32 Å². The normalized spacial score (nSPS) is 21.7. The van der Waals surface area contributed by atoms with E-state index in [0.717, 1.165) is 74.6 Å². The van der Waals surface area contributed by atoms with Gasteiger partial charge in [0.2, 0.25) is 0 Å². The van der Waals surface area contributed by atoms with Gasteiger partial charge in [0.25, 0.3) is 0 Å². The number of nitrogens with zero attached hydrogens (tertiary/aromatic N) is 3. The Hall–Kier alpha value is -1.39. The van der Waals surface area contributed by atoms with Crippen LogP contribution in [0.4, 0.5) is 13.2 Å². The van der Waals surface area contributed by atoms with Crippen LogP contribution in [0.5, 0.6) is 0 Å². The molecule has 0 amide bonds. The lowest BCUT2D eigenvalue weighted by Gasteiger charge is -2.34. The summed E-state index contributed by atoms with van der Waals surface area (Å²) in [5, 5.41) is 4.80. The molecule has 164 valence electrons. The van der Waals surface area contributed by atoms with Crippen molar-refractivity contribution in [1.82, 2.24) is 15.2 Å². The van der Waals surface area contributed by atoms with E-state index in [4.69, 9.17) is 9.47 Å². The van der Waals surface area contributed by atoms with E-state index < -0.39 is 11.9 Å². The lowest BCUT2D eigenvalue weighted by atomic mass is 10.1. The Balaban J connectivity index is 1.44. The Bertz CT molecular complexity index is 654. The predicted molar refractivity (Wildman–Crippen MR) is 106 cm³/mol. The third kappa shape index (κ3) is 6.82. The summed E-state index contributed by atoms with van der Waals surface area (Å²) in [6, 6.07) is 0. The van der Waals surface area contributed by atoms with Crippen LogP contribution in [-0.4, -0.2) is 67.4 Å². The Labute approximate surface area is 173 Å². The molecule has 6 nitrogen and oxygen atoms in total. The monoisotopic (exact) mass is 434 g/mol. The number of hydrogen-bond donors (Lipinski definition) is 1. The molecule has 0 bridgehead atoms. The first kappa shape index (κ1) is 22.3.